The summed E-state index contributed by atoms with van der Waals surface area (Å²) in [6, 6.07) is 7.26. The normalized spacial score (nSPS) is 28.8. The van der Waals surface area contributed by atoms with Crippen molar-refractivity contribution >= 4 is 129 Å². The van der Waals surface area contributed by atoms with Crippen LogP contribution in [0.2, 0.25) is 0 Å². The van der Waals surface area contributed by atoms with E-state index < -0.39 is 15.5 Å². The molecule has 6 rings (SSSR count). The summed E-state index contributed by atoms with van der Waals surface area (Å²) >= 11 is 10.5. The molecule has 4 fully saturated rings. The molecule has 2 aromatic rings. The van der Waals surface area contributed by atoms with Crippen molar-refractivity contribution in [3.8, 4) is 11.5 Å². The molecule has 0 heterocycles. The molecule has 6 nitrogen and oxygen atoms in total. The molecule has 2 aromatic carbocycles. The zero-order chi connectivity index (χ0) is 26.0. The zero-order valence-corrected chi connectivity index (χ0v) is 30.3. The highest BCUT2D eigenvalue weighted by Gasteiger charge is 2.61. The van der Waals surface area contributed by atoms with E-state index in [9.17, 15) is 17.8 Å². The lowest BCUT2D eigenvalue weighted by atomic mass is 9.44. The van der Waals surface area contributed by atoms with E-state index in [1.54, 1.807) is 12.1 Å². The molecule has 4 bridgehead atoms. The third kappa shape index (κ3) is 5.70. The molecule has 0 spiro atoms. The average Bonchev–Trinajstić information content (AvgIpc) is 2.72. The number of hydrogen-bond acceptors (Lipinski definition) is 6. The smallest absolute Gasteiger partial charge is 0.317 e. The summed E-state index contributed by atoms with van der Waals surface area (Å²) < 4.78 is 50.9. The zero-order valence-electron chi connectivity index (χ0n) is 18.7. The molecule has 36 heavy (non-hydrogen) atoms. The van der Waals surface area contributed by atoms with Crippen LogP contribution in [0.3, 0.4) is 0 Å². The number of carbonyl (C=O) groups excluding carboxylic acids is 1. The lowest BCUT2D eigenvalue weighted by Crippen LogP contribution is -2.57. The van der Waals surface area contributed by atoms with E-state index in [1.807, 2.05) is 57.3 Å². The molecule has 0 amide bonds. The first-order valence-electron chi connectivity index (χ1n) is 11.2. The monoisotopic (exact) mass is 1070 g/mol. The Morgan fingerprint density at radius 2 is 1.47 bits per heavy atom. The van der Waals surface area contributed by atoms with Crippen LogP contribution in [0, 0.1) is 40.5 Å². The van der Waals surface area contributed by atoms with Crippen molar-refractivity contribution in [1.82, 2.24) is 0 Å². The Bertz CT molecular complexity index is 1300. The van der Waals surface area contributed by atoms with Gasteiger partial charge in [0.25, 0.3) is 0 Å². The van der Waals surface area contributed by atoms with Crippen molar-refractivity contribution in [3.63, 3.8) is 0 Å². The maximum atomic E-state index is 13.7. The summed E-state index contributed by atoms with van der Waals surface area (Å²) in [5.74, 6) is 2.04. The van der Waals surface area contributed by atoms with Gasteiger partial charge >= 0.3 is 5.97 Å². The van der Waals surface area contributed by atoms with E-state index in [0.717, 1.165) is 49.2 Å². The number of esters is 1. The fraction of sp³-hybridized carbons (Fsp3) is 0.458. The van der Waals surface area contributed by atoms with Crippen molar-refractivity contribution in [2.75, 3.05) is 6.61 Å². The predicted molar refractivity (Wildman–Crippen MR) is 175 cm³/mol. The van der Waals surface area contributed by atoms with Gasteiger partial charge in [0.15, 0.2) is 5.75 Å². The standard InChI is InChI=1S/C24H21I5O6S/c25-14-2-16(26)20(17(27)3-14)35-22(30)24-8-12-1-13(9-24)7-23(6-12,10-24)11-34-15-4-18(28)21(19(29)5-15)36(31,32)33/h2-5,12-13H,1,6-11H2,(H,31,32,33)/p-1. The number of benzene rings is 2. The van der Waals surface area contributed by atoms with E-state index >= 15 is 0 Å². The Kier molecular flexibility index (Phi) is 8.47. The van der Waals surface area contributed by atoms with Gasteiger partial charge in [0.1, 0.15) is 15.9 Å². The van der Waals surface area contributed by atoms with Crippen LogP contribution >= 0.6 is 113 Å². The second-order valence-electron chi connectivity index (χ2n) is 10.3. The van der Waals surface area contributed by atoms with Gasteiger partial charge in [-0.25, -0.2) is 8.42 Å². The molecule has 12 heteroatoms. The first-order chi connectivity index (χ1) is 16.8. The lowest BCUT2D eigenvalue weighted by molar-refractivity contribution is -0.175. The van der Waals surface area contributed by atoms with E-state index in [1.165, 1.54) is 0 Å². The third-order valence-electron chi connectivity index (χ3n) is 7.54. The van der Waals surface area contributed by atoms with Crippen LogP contribution in [-0.2, 0) is 14.9 Å². The van der Waals surface area contributed by atoms with E-state index in [0.29, 0.717) is 37.1 Å². The SMILES string of the molecule is O=C(Oc1c(I)cc(I)cc1I)C12CC3CC(CC(COc4cc(I)c(S(=O)(=O)[O-])c(I)c4)(C3)C1)C2. The van der Waals surface area contributed by atoms with Crippen LogP contribution < -0.4 is 9.47 Å². The molecule has 0 radical (unpaired) electrons. The van der Waals surface area contributed by atoms with Gasteiger partial charge in [0.2, 0.25) is 0 Å². The van der Waals surface area contributed by atoms with E-state index in [-0.39, 0.29) is 16.3 Å². The van der Waals surface area contributed by atoms with Crippen molar-refractivity contribution < 1.29 is 27.2 Å². The Morgan fingerprint density at radius 1 is 0.917 bits per heavy atom. The molecular formula is C24H20I5O6S-. The molecule has 4 saturated carbocycles. The quantitative estimate of drug-likeness (QED) is 0.132. The minimum Gasteiger partial charge on any atom is -0.744 e. The summed E-state index contributed by atoms with van der Waals surface area (Å²) in [5.41, 5.74) is -0.610. The van der Waals surface area contributed by atoms with Gasteiger partial charge in [-0.2, -0.15) is 0 Å². The fourth-order valence-electron chi connectivity index (χ4n) is 6.78. The van der Waals surface area contributed by atoms with Crippen LogP contribution in [0.25, 0.3) is 0 Å². The van der Waals surface area contributed by atoms with Gasteiger partial charge < -0.3 is 14.0 Å². The van der Waals surface area contributed by atoms with Gasteiger partial charge in [-0.05, 0) is 188 Å². The fourth-order valence-corrected chi connectivity index (χ4v) is 14.5. The van der Waals surface area contributed by atoms with Crippen LogP contribution in [0.1, 0.15) is 38.5 Å². The second-order valence-corrected chi connectivity index (χ2v) is 17.5. The van der Waals surface area contributed by atoms with Crippen molar-refractivity contribution in [2.24, 2.45) is 22.7 Å². The molecular weight excluding hydrogens is 1050 g/mol. The maximum absolute atomic E-state index is 13.7. The molecule has 0 N–H and O–H groups in total. The Labute approximate surface area is 278 Å². The van der Waals surface area contributed by atoms with Crippen molar-refractivity contribution in [3.05, 3.63) is 42.1 Å². The summed E-state index contributed by atoms with van der Waals surface area (Å²) in [6.45, 7) is 0.462. The van der Waals surface area contributed by atoms with Crippen molar-refractivity contribution in [2.45, 2.75) is 43.4 Å². The van der Waals surface area contributed by atoms with Crippen molar-refractivity contribution in [1.29, 1.82) is 0 Å². The minimum absolute atomic E-state index is 0.115. The molecule has 4 aliphatic rings. The largest absolute Gasteiger partial charge is 0.744 e. The molecule has 0 aromatic heterocycles. The molecule has 0 aliphatic heterocycles. The summed E-state index contributed by atoms with van der Waals surface area (Å²) in [7, 11) is -4.56. The van der Waals surface area contributed by atoms with Crippen LogP contribution in [0.15, 0.2) is 29.2 Å². The van der Waals surface area contributed by atoms with Crippen LogP contribution in [0.5, 0.6) is 11.5 Å². The van der Waals surface area contributed by atoms with Gasteiger partial charge in [-0.1, -0.05) is 0 Å². The summed E-state index contributed by atoms with van der Waals surface area (Å²) in [5, 5.41) is 0. The molecule has 0 saturated heterocycles. The van der Waals surface area contributed by atoms with Crippen LogP contribution in [-0.4, -0.2) is 25.5 Å². The predicted octanol–water partition coefficient (Wildman–Crippen LogP) is 7.18. The first kappa shape index (κ1) is 28.8. The van der Waals surface area contributed by atoms with Gasteiger partial charge in [-0.3, -0.25) is 4.79 Å². The number of hydrogen-bond donors (Lipinski definition) is 0. The number of ether oxygens (including phenoxy) is 2. The lowest BCUT2D eigenvalue weighted by Gasteiger charge is -2.60. The average molecular weight is 1070 g/mol. The molecule has 4 aliphatic carbocycles. The number of rotatable bonds is 6. The summed E-state index contributed by atoms with van der Waals surface area (Å²) in [4.78, 5) is 13.5. The maximum Gasteiger partial charge on any atom is 0.317 e. The highest BCUT2D eigenvalue weighted by Crippen LogP contribution is 2.65. The van der Waals surface area contributed by atoms with E-state index in [4.69, 9.17) is 9.47 Å². The van der Waals surface area contributed by atoms with Crippen LogP contribution in [0.4, 0.5) is 0 Å². The van der Waals surface area contributed by atoms with E-state index in [2.05, 4.69) is 67.8 Å². The Balaban J connectivity index is 1.37. The Morgan fingerprint density at radius 3 is 2.00 bits per heavy atom. The highest BCUT2D eigenvalue weighted by molar-refractivity contribution is 14.1. The number of halogens is 5. The van der Waals surface area contributed by atoms with Gasteiger partial charge in [0.05, 0.1) is 24.1 Å². The third-order valence-corrected chi connectivity index (χ3v) is 13.1. The second kappa shape index (κ2) is 10.6. The number of carbonyl (C=O) groups is 1. The van der Waals surface area contributed by atoms with Gasteiger partial charge in [0, 0.05) is 16.1 Å². The van der Waals surface area contributed by atoms with Gasteiger partial charge in [-0.15, -0.1) is 0 Å². The Hall–Kier alpha value is 1.27. The molecule has 194 valence electrons. The highest BCUT2D eigenvalue weighted by atomic mass is 127. The topological polar surface area (TPSA) is 92.7 Å². The minimum atomic E-state index is -4.56. The summed E-state index contributed by atoms with van der Waals surface area (Å²) in [6.07, 6.45) is 5.68. The first-order valence-corrected chi connectivity index (χ1v) is 18.0. The molecule has 2 unspecified atom stereocenters. The molecule has 2 atom stereocenters.